The van der Waals surface area contributed by atoms with Crippen molar-refractivity contribution in [1.29, 1.82) is 0 Å². The molecule has 1 atom stereocenters. The van der Waals surface area contributed by atoms with Crippen molar-refractivity contribution in [2.24, 2.45) is 0 Å². The van der Waals surface area contributed by atoms with Gasteiger partial charge in [0.1, 0.15) is 5.82 Å². The Morgan fingerprint density at radius 3 is 2.74 bits per heavy atom. The molecule has 1 unspecified atom stereocenters. The fourth-order valence-corrected chi connectivity index (χ4v) is 3.56. The number of hydrogen-bond acceptors (Lipinski definition) is 4. The van der Waals surface area contributed by atoms with Gasteiger partial charge in [0.25, 0.3) is 0 Å². The molecule has 0 fully saturated rings. The van der Waals surface area contributed by atoms with E-state index in [-0.39, 0.29) is 30.9 Å². The normalized spacial score (nSPS) is 15.9. The van der Waals surface area contributed by atoms with Gasteiger partial charge in [-0.25, -0.2) is 4.98 Å². The average molecular weight is 431 g/mol. The van der Waals surface area contributed by atoms with E-state index in [4.69, 9.17) is 0 Å². The molecule has 2 aromatic rings. The Morgan fingerprint density at radius 1 is 1.19 bits per heavy atom. The zero-order valence-electron chi connectivity index (χ0n) is 15.2. The Bertz CT molecular complexity index is 810. The Balaban J connectivity index is 1.48. The minimum atomic E-state index is -0.205. The second kappa shape index (κ2) is 9.10. The molecular formula is C20H23BrN4O2. The van der Waals surface area contributed by atoms with Crippen LogP contribution in [0.25, 0.3) is 0 Å². The zero-order valence-corrected chi connectivity index (χ0v) is 16.8. The van der Waals surface area contributed by atoms with Crippen LogP contribution in [-0.2, 0) is 16.0 Å². The van der Waals surface area contributed by atoms with Crippen LogP contribution in [0.2, 0.25) is 0 Å². The summed E-state index contributed by atoms with van der Waals surface area (Å²) in [4.78, 5) is 30.3. The van der Waals surface area contributed by atoms with Gasteiger partial charge < -0.3 is 10.6 Å². The highest BCUT2D eigenvalue weighted by atomic mass is 79.9. The lowest BCUT2D eigenvalue weighted by atomic mass is 9.88. The first-order valence-corrected chi connectivity index (χ1v) is 9.77. The van der Waals surface area contributed by atoms with E-state index in [1.54, 1.807) is 24.2 Å². The van der Waals surface area contributed by atoms with E-state index in [2.05, 4.69) is 43.7 Å². The molecule has 0 saturated carbocycles. The Kier molecular flexibility index (Phi) is 6.58. The van der Waals surface area contributed by atoms with E-state index in [1.165, 1.54) is 11.1 Å². The van der Waals surface area contributed by atoms with Crippen LogP contribution < -0.4 is 10.6 Å². The summed E-state index contributed by atoms with van der Waals surface area (Å²) in [5.41, 5.74) is 2.52. The van der Waals surface area contributed by atoms with Crippen LogP contribution in [0.1, 0.15) is 30.0 Å². The number of carbonyl (C=O) groups is 2. The third kappa shape index (κ3) is 5.61. The summed E-state index contributed by atoms with van der Waals surface area (Å²) >= 11 is 3.30. The number of amides is 2. The summed E-state index contributed by atoms with van der Waals surface area (Å²) in [6.45, 7) is 0.284. The second-order valence-corrected chi connectivity index (χ2v) is 7.71. The van der Waals surface area contributed by atoms with Crippen LogP contribution >= 0.6 is 15.9 Å². The molecule has 0 bridgehead atoms. The van der Waals surface area contributed by atoms with Crippen molar-refractivity contribution < 1.29 is 9.59 Å². The second-order valence-electron chi connectivity index (χ2n) is 6.79. The molecule has 27 heavy (non-hydrogen) atoms. The van der Waals surface area contributed by atoms with Gasteiger partial charge in [0.05, 0.1) is 19.1 Å². The number of benzene rings is 1. The predicted molar refractivity (Wildman–Crippen MR) is 108 cm³/mol. The molecule has 0 spiro atoms. The van der Waals surface area contributed by atoms with Crippen molar-refractivity contribution in [3.8, 4) is 0 Å². The van der Waals surface area contributed by atoms with Gasteiger partial charge in [0.15, 0.2) is 0 Å². The number of nitrogens with zero attached hydrogens (tertiary/aromatic N) is 2. The highest BCUT2D eigenvalue weighted by Crippen LogP contribution is 2.29. The lowest BCUT2D eigenvalue weighted by Crippen LogP contribution is -2.40. The molecule has 6 nitrogen and oxygen atoms in total. The molecule has 3 rings (SSSR count). The summed E-state index contributed by atoms with van der Waals surface area (Å²) in [6, 6.07) is 11.8. The molecule has 1 heterocycles. The number of carbonyl (C=O) groups excluding carboxylic acids is 2. The van der Waals surface area contributed by atoms with Crippen molar-refractivity contribution in [2.45, 2.75) is 25.3 Å². The number of nitrogens with one attached hydrogen (secondary N) is 2. The fraction of sp³-hybridized carbons (Fsp3) is 0.350. The van der Waals surface area contributed by atoms with E-state index in [9.17, 15) is 9.59 Å². The smallest absolute Gasteiger partial charge is 0.239 e. The fourth-order valence-electron chi connectivity index (χ4n) is 3.32. The third-order valence-electron chi connectivity index (χ3n) is 4.53. The SMILES string of the molecule is CN(CC(=O)Nc1ccc(Br)cn1)CC(=O)NC1CCCc2ccccc21. The summed E-state index contributed by atoms with van der Waals surface area (Å²) < 4.78 is 0.846. The lowest BCUT2D eigenvalue weighted by Gasteiger charge is -2.27. The monoisotopic (exact) mass is 430 g/mol. The zero-order chi connectivity index (χ0) is 19.2. The molecular weight excluding hydrogens is 408 g/mol. The number of anilines is 1. The predicted octanol–water partition coefficient (Wildman–Crippen LogP) is 2.91. The van der Waals surface area contributed by atoms with Crippen molar-refractivity contribution in [1.82, 2.24) is 15.2 Å². The molecule has 0 aliphatic heterocycles. The van der Waals surface area contributed by atoms with Gasteiger partial charge in [0, 0.05) is 10.7 Å². The summed E-state index contributed by atoms with van der Waals surface area (Å²) in [5.74, 6) is 0.205. The third-order valence-corrected chi connectivity index (χ3v) is 5.00. The van der Waals surface area contributed by atoms with Gasteiger partial charge in [-0.1, -0.05) is 24.3 Å². The number of halogens is 1. The van der Waals surface area contributed by atoms with Crippen molar-refractivity contribution in [3.05, 3.63) is 58.2 Å². The molecule has 2 N–H and O–H groups in total. The topological polar surface area (TPSA) is 74.3 Å². The Labute approximate surface area is 167 Å². The summed E-state index contributed by atoms with van der Waals surface area (Å²) in [5, 5.41) is 5.83. The number of aryl methyl sites for hydroxylation is 1. The summed E-state index contributed by atoms with van der Waals surface area (Å²) in [6.07, 6.45) is 4.70. The van der Waals surface area contributed by atoms with Crippen LogP contribution in [0.4, 0.5) is 5.82 Å². The van der Waals surface area contributed by atoms with Gasteiger partial charge in [-0.3, -0.25) is 14.5 Å². The van der Waals surface area contributed by atoms with Crippen LogP contribution in [0.5, 0.6) is 0 Å². The van der Waals surface area contributed by atoms with Crippen LogP contribution in [0.15, 0.2) is 47.1 Å². The highest BCUT2D eigenvalue weighted by molar-refractivity contribution is 9.10. The molecule has 0 radical (unpaired) electrons. The maximum absolute atomic E-state index is 12.4. The molecule has 1 aliphatic rings. The first-order chi connectivity index (χ1) is 13.0. The largest absolute Gasteiger partial charge is 0.348 e. The van der Waals surface area contributed by atoms with Gasteiger partial charge >= 0.3 is 0 Å². The first kappa shape index (κ1) is 19.5. The van der Waals surface area contributed by atoms with Crippen molar-refractivity contribution in [2.75, 3.05) is 25.5 Å². The standard InChI is InChI=1S/C20H23BrN4O2/c1-25(13-20(27)24-18-10-9-15(21)11-22-18)12-19(26)23-17-8-4-6-14-5-2-3-7-16(14)17/h2-3,5,7,9-11,17H,4,6,8,12-13H2,1H3,(H,23,26)(H,22,24,27). The van der Waals surface area contributed by atoms with Crippen molar-refractivity contribution in [3.63, 3.8) is 0 Å². The molecule has 2 amide bonds. The maximum Gasteiger partial charge on any atom is 0.239 e. The number of likely N-dealkylation sites (N-methyl/N-ethyl adjacent to an activating group) is 1. The van der Waals surface area contributed by atoms with Gasteiger partial charge in [0.2, 0.25) is 11.8 Å². The number of rotatable bonds is 6. The van der Waals surface area contributed by atoms with E-state index in [1.807, 2.05) is 18.2 Å². The lowest BCUT2D eigenvalue weighted by molar-refractivity contribution is -0.123. The van der Waals surface area contributed by atoms with Gasteiger partial charge in [-0.15, -0.1) is 0 Å². The van der Waals surface area contributed by atoms with E-state index in [0.717, 1.165) is 23.7 Å². The molecule has 1 aromatic carbocycles. The van der Waals surface area contributed by atoms with E-state index in [0.29, 0.717) is 5.82 Å². The van der Waals surface area contributed by atoms with Gasteiger partial charge in [-0.05, 0) is 65.5 Å². The van der Waals surface area contributed by atoms with E-state index >= 15 is 0 Å². The van der Waals surface area contributed by atoms with Crippen LogP contribution in [-0.4, -0.2) is 41.8 Å². The molecule has 1 aliphatic carbocycles. The number of aromatic nitrogens is 1. The molecule has 142 valence electrons. The average Bonchev–Trinajstić information content (AvgIpc) is 2.63. The number of hydrogen-bond donors (Lipinski definition) is 2. The summed E-state index contributed by atoms with van der Waals surface area (Å²) in [7, 11) is 1.75. The minimum Gasteiger partial charge on any atom is -0.348 e. The molecule has 0 saturated heterocycles. The molecule has 7 heteroatoms. The Morgan fingerprint density at radius 2 is 1.96 bits per heavy atom. The first-order valence-electron chi connectivity index (χ1n) is 8.98. The molecule has 1 aromatic heterocycles. The van der Waals surface area contributed by atoms with Crippen LogP contribution in [0, 0.1) is 0 Å². The van der Waals surface area contributed by atoms with E-state index < -0.39 is 0 Å². The number of pyridine rings is 1. The Hall–Kier alpha value is -2.25. The minimum absolute atomic E-state index is 0.0524. The quantitative estimate of drug-likeness (QED) is 0.738. The van der Waals surface area contributed by atoms with Crippen LogP contribution in [0.3, 0.4) is 0 Å². The number of fused-ring (bicyclic) bond motifs is 1. The van der Waals surface area contributed by atoms with Gasteiger partial charge in [-0.2, -0.15) is 0 Å². The maximum atomic E-state index is 12.4. The van der Waals surface area contributed by atoms with Crippen molar-refractivity contribution >= 4 is 33.6 Å². The highest BCUT2D eigenvalue weighted by Gasteiger charge is 2.22.